The van der Waals surface area contributed by atoms with Crippen molar-refractivity contribution in [1.82, 2.24) is 10.2 Å². The number of likely N-dealkylation sites (tertiary alicyclic amines) is 1. The number of nitrogens with zero attached hydrogens (tertiary/aromatic N) is 1. The summed E-state index contributed by atoms with van der Waals surface area (Å²) in [7, 11) is 0. The van der Waals surface area contributed by atoms with Crippen LogP contribution >= 0.6 is 0 Å². The fourth-order valence-corrected chi connectivity index (χ4v) is 1.51. The van der Waals surface area contributed by atoms with Crippen LogP contribution in [0.15, 0.2) is 0 Å². The van der Waals surface area contributed by atoms with E-state index in [1.807, 2.05) is 4.90 Å². The zero-order chi connectivity index (χ0) is 8.39. The molecule has 1 N–H and O–H groups in total. The van der Waals surface area contributed by atoms with Crippen molar-refractivity contribution >= 4 is 6.03 Å². The monoisotopic (exact) mass is 170 g/mol. The molecule has 0 bridgehead atoms. The molecule has 0 saturated carbocycles. The summed E-state index contributed by atoms with van der Waals surface area (Å²) >= 11 is 0. The third kappa shape index (κ3) is 1.53. The summed E-state index contributed by atoms with van der Waals surface area (Å²) in [6.07, 6.45) is 2.29. The largest absolute Gasteiger partial charge is 0.377 e. The van der Waals surface area contributed by atoms with Crippen molar-refractivity contribution in [2.24, 2.45) is 0 Å². The van der Waals surface area contributed by atoms with Gasteiger partial charge in [0.15, 0.2) is 0 Å². The normalized spacial score (nSPS) is 23.8. The predicted octanol–water partition coefficient (Wildman–Crippen LogP) is 0.191. The molecular formula is C8H14N2O2. The molecule has 68 valence electrons. The Morgan fingerprint density at radius 3 is 2.50 bits per heavy atom. The maximum Gasteiger partial charge on any atom is 0.317 e. The summed E-state index contributed by atoms with van der Waals surface area (Å²) in [4.78, 5) is 13.3. The number of hydrogen-bond acceptors (Lipinski definition) is 2. The third-order valence-electron chi connectivity index (χ3n) is 2.36. The molecule has 12 heavy (non-hydrogen) atoms. The standard InChI is InChI=1S/C8H14N2O2/c11-8(9-7-5-12-6-7)10-3-1-2-4-10/h7H,1-6H2,(H,9,11). The van der Waals surface area contributed by atoms with Gasteiger partial charge in [0.25, 0.3) is 0 Å². The van der Waals surface area contributed by atoms with E-state index in [9.17, 15) is 4.79 Å². The summed E-state index contributed by atoms with van der Waals surface area (Å²) in [5, 5.41) is 2.92. The fourth-order valence-electron chi connectivity index (χ4n) is 1.51. The van der Waals surface area contributed by atoms with Gasteiger partial charge in [-0.1, -0.05) is 0 Å². The Balaban J connectivity index is 1.74. The number of amides is 2. The van der Waals surface area contributed by atoms with Gasteiger partial charge in [-0.15, -0.1) is 0 Å². The molecule has 2 rings (SSSR count). The minimum absolute atomic E-state index is 0.0841. The molecule has 2 amide bonds. The number of hydrogen-bond donors (Lipinski definition) is 1. The van der Waals surface area contributed by atoms with Crippen LogP contribution in [0.2, 0.25) is 0 Å². The number of ether oxygens (including phenoxy) is 1. The van der Waals surface area contributed by atoms with Crippen molar-refractivity contribution in [2.75, 3.05) is 26.3 Å². The maximum atomic E-state index is 11.4. The molecule has 2 heterocycles. The van der Waals surface area contributed by atoms with Crippen LogP contribution in [0.4, 0.5) is 4.79 Å². The maximum absolute atomic E-state index is 11.4. The molecule has 4 nitrogen and oxygen atoms in total. The first kappa shape index (κ1) is 7.86. The first-order valence-electron chi connectivity index (χ1n) is 4.49. The second-order valence-corrected chi connectivity index (χ2v) is 3.38. The van der Waals surface area contributed by atoms with Crippen LogP contribution in [0, 0.1) is 0 Å². The molecule has 2 fully saturated rings. The van der Waals surface area contributed by atoms with Gasteiger partial charge in [-0.2, -0.15) is 0 Å². The summed E-state index contributed by atoms with van der Waals surface area (Å²) in [6, 6.07) is 0.346. The van der Waals surface area contributed by atoms with E-state index in [-0.39, 0.29) is 12.1 Å². The molecule has 2 saturated heterocycles. The molecule has 0 aromatic rings. The molecule has 0 radical (unpaired) electrons. The van der Waals surface area contributed by atoms with Crippen molar-refractivity contribution < 1.29 is 9.53 Å². The van der Waals surface area contributed by atoms with E-state index in [4.69, 9.17) is 4.74 Å². The quantitative estimate of drug-likeness (QED) is 0.610. The van der Waals surface area contributed by atoms with Gasteiger partial charge in [0.1, 0.15) is 0 Å². The van der Waals surface area contributed by atoms with Gasteiger partial charge in [-0.3, -0.25) is 0 Å². The lowest BCUT2D eigenvalue weighted by Crippen LogP contribution is -2.52. The predicted molar refractivity (Wildman–Crippen MR) is 43.9 cm³/mol. The summed E-state index contributed by atoms with van der Waals surface area (Å²) in [5.41, 5.74) is 0. The Labute approximate surface area is 71.9 Å². The first-order valence-corrected chi connectivity index (χ1v) is 4.49. The highest BCUT2D eigenvalue weighted by Crippen LogP contribution is 2.08. The van der Waals surface area contributed by atoms with Gasteiger partial charge in [0.2, 0.25) is 0 Å². The second kappa shape index (κ2) is 3.31. The zero-order valence-corrected chi connectivity index (χ0v) is 7.08. The topological polar surface area (TPSA) is 41.6 Å². The van der Waals surface area contributed by atoms with Crippen molar-refractivity contribution in [1.29, 1.82) is 0 Å². The van der Waals surface area contributed by atoms with Gasteiger partial charge in [0, 0.05) is 13.1 Å². The number of carbonyl (C=O) groups is 1. The second-order valence-electron chi connectivity index (χ2n) is 3.38. The molecule has 0 unspecified atom stereocenters. The molecule has 0 spiro atoms. The van der Waals surface area contributed by atoms with Crippen LogP contribution in [0.1, 0.15) is 12.8 Å². The van der Waals surface area contributed by atoms with E-state index in [0.29, 0.717) is 13.2 Å². The van der Waals surface area contributed by atoms with Crippen LogP contribution in [-0.2, 0) is 4.74 Å². The SMILES string of the molecule is O=C(NC1COC1)N1CCCC1. The number of rotatable bonds is 1. The molecule has 0 atom stereocenters. The average molecular weight is 170 g/mol. The molecule has 2 aliphatic heterocycles. The van der Waals surface area contributed by atoms with Crippen LogP contribution in [-0.4, -0.2) is 43.3 Å². The van der Waals surface area contributed by atoms with Crippen molar-refractivity contribution in [3.05, 3.63) is 0 Å². The average Bonchev–Trinajstić information content (AvgIpc) is 2.47. The number of nitrogens with one attached hydrogen (secondary N) is 1. The minimum Gasteiger partial charge on any atom is -0.377 e. The van der Waals surface area contributed by atoms with Gasteiger partial charge >= 0.3 is 6.03 Å². The minimum atomic E-state index is 0.0841. The highest BCUT2D eigenvalue weighted by atomic mass is 16.5. The lowest BCUT2D eigenvalue weighted by molar-refractivity contribution is -0.00168. The van der Waals surface area contributed by atoms with Crippen LogP contribution in [0.25, 0.3) is 0 Å². The smallest absolute Gasteiger partial charge is 0.317 e. The zero-order valence-electron chi connectivity index (χ0n) is 7.08. The van der Waals surface area contributed by atoms with E-state index in [1.165, 1.54) is 0 Å². The Kier molecular flexibility index (Phi) is 2.17. The van der Waals surface area contributed by atoms with E-state index in [1.54, 1.807) is 0 Å². The van der Waals surface area contributed by atoms with E-state index in [0.717, 1.165) is 25.9 Å². The van der Waals surface area contributed by atoms with E-state index < -0.39 is 0 Å². The highest BCUT2D eigenvalue weighted by molar-refractivity contribution is 5.74. The Bertz CT molecular complexity index is 174. The number of carbonyl (C=O) groups excluding carboxylic acids is 1. The Morgan fingerprint density at radius 2 is 2.00 bits per heavy atom. The summed E-state index contributed by atoms with van der Waals surface area (Å²) in [6.45, 7) is 3.19. The van der Waals surface area contributed by atoms with Gasteiger partial charge in [-0.05, 0) is 12.8 Å². The van der Waals surface area contributed by atoms with Crippen molar-refractivity contribution in [2.45, 2.75) is 18.9 Å². The van der Waals surface area contributed by atoms with E-state index in [2.05, 4.69) is 5.32 Å². The lowest BCUT2D eigenvalue weighted by Gasteiger charge is -2.29. The van der Waals surface area contributed by atoms with Crippen molar-refractivity contribution in [3.8, 4) is 0 Å². The first-order chi connectivity index (χ1) is 5.86. The Hall–Kier alpha value is -0.770. The molecule has 4 heteroatoms. The van der Waals surface area contributed by atoms with Gasteiger partial charge in [0.05, 0.1) is 19.3 Å². The summed E-state index contributed by atoms with van der Waals surface area (Å²) < 4.78 is 4.97. The Morgan fingerprint density at radius 1 is 1.33 bits per heavy atom. The lowest BCUT2D eigenvalue weighted by atomic mass is 10.3. The molecule has 0 aliphatic carbocycles. The van der Waals surface area contributed by atoms with Crippen LogP contribution in [0.5, 0.6) is 0 Å². The third-order valence-corrected chi connectivity index (χ3v) is 2.36. The van der Waals surface area contributed by atoms with Crippen LogP contribution < -0.4 is 5.32 Å². The highest BCUT2D eigenvalue weighted by Gasteiger charge is 2.24. The molecule has 0 aromatic heterocycles. The van der Waals surface area contributed by atoms with E-state index >= 15 is 0 Å². The molecular weight excluding hydrogens is 156 g/mol. The fraction of sp³-hybridized carbons (Fsp3) is 0.875. The molecule has 0 aromatic carbocycles. The van der Waals surface area contributed by atoms with Crippen molar-refractivity contribution in [3.63, 3.8) is 0 Å². The summed E-state index contributed by atoms with van der Waals surface area (Å²) in [5.74, 6) is 0. The van der Waals surface area contributed by atoms with Crippen LogP contribution in [0.3, 0.4) is 0 Å². The van der Waals surface area contributed by atoms with Gasteiger partial charge in [-0.25, -0.2) is 4.79 Å². The molecule has 2 aliphatic rings. The van der Waals surface area contributed by atoms with Gasteiger partial charge < -0.3 is 15.0 Å². The number of urea groups is 1.